The molecule has 0 unspecified atom stereocenters. The molecule has 128 valence electrons. The molecule has 4 rings (SSSR count). The number of methoxy groups -OCH3 is 1. The molecule has 2 aromatic carbocycles. The number of aryl methyl sites for hydroxylation is 1. The lowest BCUT2D eigenvalue weighted by Crippen LogP contribution is -2.48. The molecule has 5 nitrogen and oxygen atoms in total. The first-order chi connectivity index (χ1) is 11.9. The van der Waals surface area contributed by atoms with Crippen LogP contribution in [0, 0.1) is 12.7 Å². The number of aliphatic imine (C=N–C) groups is 1. The number of ketones is 1. The lowest BCUT2D eigenvalue weighted by Gasteiger charge is -2.30. The molecule has 1 fully saturated rings. The monoisotopic (exact) mass is 340 g/mol. The van der Waals surface area contributed by atoms with E-state index < -0.39 is 17.2 Å². The average molecular weight is 340 g/mol. The number of ether oxygens (including phenoxy) is 1. The van der Waals surface area contributed by atoms with Crippen molar-refractivity contribution in [1.82, 2.24) is 0 Å². The van der Waals surface area contributed by atoms with Crippen molar-refractivity contribution in [2.24, 2.45) is 4.99 Å². The number of benzene rings is 2. The zero-order chi connectivity index (χ0) is 17.8. The Balaban J connectivity index is 1.86. The third kappa shape index (κ3) is 2.25. The van der Waals surface area contributed by atoms with E-state index in [-0.39, 0.29) is 17.8 Å². The topological polar surface area (TPSA) is 62.1 Å². The highest BCUT2D eigenvalue weighted by molar-refractivity contribution is 6.28. The molecular weight excluding hydrogens is 323 g/mol. The van der Waals surface area contributed by atoms with Crippen LogP contribution < -0.4 is 9.64 Å². The fraction of sp³-hybridized carbons (Fsp3) is 0.263. The van der Waals surface area contributed by atoms with Crippen molar-refractivity contribution in [3.63, 3.8) is 0 Å². The van der Waals surface area contributed by atoms with Gasteiger partial charge in [0.1, 0.15) is 17.4 Å². The molecule has 0 radical (unpaired) electrons. The molecule has 0 saturated carbocycles. The van der Waals surface area contributed by atoms with Crippen LogP contribution in [0.2, 0.25) is 0 Å². The summed E-state index contributed by atoms with van der Waals surface area (Å²) in [5, 5.41) is 11.0. The molecule has 1 saturated heterocycles. The Labute approximate surface area is 144 Å². The maximum Gasteiger partial charge on any atom is 0.204 e. The number of fused-ring (bicyclic) bond motifs is 2. The van der Waals surface area contributed by atoms with Crippen molar-refractivity contribution in [2.45, 2.75) is 18.9 Å². The first kappa shape index (κ1) is 15.8. The van der Waals surface area contributed by atoms with Gasteiger partial charge in [0.15, 0.2) is 5.60 Å². The molecule has 0 aromatic heterocycles. The van der Waals surface area contributed by atoms with Crippen LogP contribution in [0.5, 0.6) is 5.75 Å². The van der Waals surface area contributed by atoms with E-state index in [1.54, 1.807) is 14.0 Å². The maximum atomic E-state index is 13.9. The Kier molecular flexibility index (Phi) is 3.40. The third-order valence-corrected chi connectivity index (χ3v) is 4.81. The van der Waals surface area contributed by atoms with Gasteiger partial charge in [0, 0.05) is 30.3 Å². The van der Waals surface area contributed by atoms with Crippen LogP contribution in [-0.2, 0) is 0 Å². The fourth-order valence-electron chi connectivity index (χ4n) is 3.39. The SMILES string of the molecule is COc1cccc(N2CC[C@@]3(O)C(=O)c4cc(F)c(C)cc4N=C23)c1. The molecule has 2 aliphatic heterocycles. The number of hydrogen-bond acceptors (Lipinski definition) is 5. The van der Waals surface area contributed by atoms with Gasteiger partial charge >= 0.3 is 0 Å². The molecule has 1 atom stereocenters. The molecule has 25 heavy (non-hydrogen) atoms. The predicted octanol–water partition coefficient (Wildman–Crippen LogP) is 3.01. The van der Waals surface area contributed by atoms with Crippen LogP contribution in [0.25, 0.3) is 0 Å². The summed E-state index contributed by atoms with van der Waals surface area (Å²) in [6.45, 7) is 2.05. The maximum absolute atomic E-state index is 13.9. The van der Waals surface area contributed by atoms with E-state index in [0.717, 1.165) is 5.69 Å². The van der Waals surface area contributed by atoms with Crippen molar-refractivity contribution in [3.8, 4) is 5.75 Å². The fourth-order valence-corrected chi connectivity index (χ4v) is 3.39. The Morgan fingerprint density at radius 1 is 1.32 bits per heavy atom. The molecular formula is C19H17FN2O3. The van der Waals surface area contributed by atoms with E-state index >= 15 is 0 Å². The Bertz CT molecular complexity index is 925. The highest BCUT2D eigenvalue weighted by Gasteiger charge is 2.52. The molecule has 0 spiro atoms. The third-order valence-electron chi connectivity index (χ3n) is 4.81. The lowest BCUT2D eigenvalue weighted by molar-refractivity contribution is 0.0601. The van der Waals surface area contributed by atoms with E-state index in [0.29, 0.717) is 23.5 Å². The summed E-state index contributed by atoms with van der Waals surface area (Å²) < 4.78 is 19.1. The second-order valence-electron chi connectivity index (χ2n) is 6.35. The zero-order valence-corrected chi connectivity index (χ0v) is 13.9. The predicted molar refractivity (Wildman–Crippen MR) is 92.5 cm³/mol. The number of carbonyl (C=O) groups excluding carboxylic acids is 1. The van der Waals surface area contributed by atoms with Gasteiger partial charge in [0.25, 0.3) is 0 Å². The second kappa shape index (κ2) is 5.39. The number of anilines is 1. The molecule has 0 bridgehead atoms. The number of amidine groups is 1. The van der Waals surface area contributed by atoms with E-state index in [9.17, 15) is 14.3 Å². The van der Waals surface area contributed by atoms with Crippen LogP contribution >= 0.6 is 0 Å². The van der Waals surface area contributed by atoms with Gasteiger partial charge in [-0.3, -0.25) is 4.79 Å². The van der Waals surface area contributed by atoms with Gasteiger partial charge in [0.2, 0.25) is 5.78 Å². The molecule has 0 aliphatic carbocycles. The minimum absolute atomic E-state index is 0.127. The van der Waals surface area contributed by atoms with Gasteiger partial charge < -0.3 is 14.7 Å². The number of nitrogens with zero attached hydrogens (tertiary/aromatic N) is 2. The van der Waals surface area contributed by atoms with Crippen LogP contribution in [0.4, 0.5) is 15.8 Å². The summed E-state index contributed by atoms with van der Waals surface area (Å²) in [4.78, 5) is 19.2. The van der Waals surface area contributed by atoms with Crippen molar-refractivity contribution < 1.29 is 19.0 Å². The summed E-state index contributed by atoms with van der Waals surface area (Å²) in [6.07, 6.45) is 0.205. The quantitative estimate of drug-likeness (QED) is 0.913. The molecule has 2 aliphatic rings. The van der Waals surface area contributed by atoms with E-state index in [1.807, 2.05) is 29.2 Å². The van der Waals surface area contributed by atoms with Crippen molar-refractivity contribution in [3.05, 3.63) is 53.3 Å². The highest BCUT2D eigenvalue weighted by atomic mass is 19.1. The Morgan fingerprint density at radius 3 is 2.88 bits per heavy atom. The van der Waals surface area contributed by atoms with Crippen LogP contribution in [0.15, 0.2) is 41.4 Å². The summed E-state index contributed by atoms with van der Waals surface area (Å²) in [5.41, 5.74) is -0.0193. The molecule has 1 N–H and O–H groups in total. The van der Waals surface area contributed by atoms with Gasteiger partial charge in [-0.05, 0) is 36.8 Å². The normalized spacial score (nSPS) is 21.7. The van der Waals surface area contributed by atoms with E-state index in [4.69, 9.17) is 4.74 Å². The van der Waals surface area contributed by atoms with Gasteiger partial charge in [-0.25, -0.2) is 9.38 Å². The standard InChI is InChI=1S/C19H17FN2O3/c1-11-8-16-14(10-15(11)20)17(23)19(24)6-7-22(18(19)21-16)12-4-3-5-13(9-12)25-2/h3-5,8-10,24H,6-7H2,1-2H3/t19-/m1/s1. The Morgan fingerprint density at radius 2 is 2.12 bits per heavy atom. The average Bonchev–Trinajstić information content (AvgIpc) is 2.95. The largest absolute Gasteiger partial charge is 0.497 e. The van der Waals surface area contributed by atoms with Gasteiger partial charge in [-0.2, -0.15) is 0 Å². The molecule has 2 aromatic rings. The van der Waals surface area contributed by atoms with Gasteiger partial charge in [-0.15, -0.1) is 0 Å². The number of halogens is 1. The number of hydrogen-bond donors (Lipinski definition) is 1. The minimum atomic E-state index is -1.72. The molecule has 2 heterocycles. The summed E-state index contributed by atoms with van der Waals surface area (Å²) in [5.74, 6) is -0.0213. The van der Waals surface area contributed by atoms with E-state index in [1.165, 1.54) is 12.1 Å². The molecule has 0 amide bonds. The Hall–Kier alpha value is -2.73. The lowest BCUT2D eigenvalue weighted by atomic mass is 9.87. The second-order valence-corrected chi connectivity index (χ2v) is 6.35. The first-order valence-electron chi connectivity index (χ1n) is 8.02. The summed E-state index contributed by atoms with van der Waals surface area (Å²) in [6, 6.07) is 10.1. The number of rotatable bonds is 2. The van der Waals surface area contributed by atoms with Gasteiger partial charge in [0.05, 0.1) is 12.8 Å². The zero-order valence-electron chi connectivity index (χ0n) is 13.9. The van der Waals surface area contributed by atoms with Crippen LogP contribution in [0.3, 0.4) is 0 Å². The number of carbonyl (C=O) groups is 1. The number of Topliss-reactive ketones (excluding diaryl/α,β-unsaturated/α-hetero) is 1. The smallest absolute Gasteiger partial charge is 0.204 e. The van der Waals surface area contributed by atoms with Crippen molar-refractivity contribution in [1.29, 1.82) is 0 Å². The molecule has 6 heteroatoms. The summed E-state index contributed by atoms with van der Waals surface area (Å²) in [7, 11) is 1.58. The van der Waals surface area contributed by atoms with Crippen molar-refractivity contribution in [2.75, 3.05) is 18.6 Å². The van der Waals surface area contributed by atoms with Crippen LogP contribution in [0.1, 0.15) is 22.3 Å². The van der Waals surface area contributed by atoms with Gasteiger partial charge in [-0.1, -0.05) is 6.07 Å². The summed E-state index contributed by atoms with van der Waals surface area (Å²) >= 11 is 0. The number of aliphatic hydroxyl groups is 1. The first-order valence-corrected chi connectivity index (χ1v) is 8.02. The minimum Gasteiger partial charge on any atom is -0.497 e. The van der Waals surface area contributed by atoms with Crippen molar-refractivity contribution >= 4 is 23.0 Å². The van der Waals surface area contributed by atoms with Crippen LogP contribution in [-0.4, -0.2) is 36.0 Å². The van der Waals surface area contributed by atoms with E-state index in [2.05, 4.69) is 4.99 Å². The highest BCUT2D eigenvalue weighted by Crippen LogP contribution is 2.40.